The predicted octanol–water partition coefficient (Wildman–Crippen LogP) is 5.07. The summed E-state index contributed by atoms with van der Waals surface area (Å²) in [6, 6.07) is 8.92. The first-order chi connectivity index (χ1) is 19.5. The Labute approximate surface area is 239 Å². The molecule has 4 amide bonds. The third-order valence-electron chi connectivity index (χ3n) is 8.53. The number of likely N-dealkylation sites (tertiary alicyclic amines) is 1. The fourth-order valence-electron chi connectivity index (χ4n) is 5.91. The zero-order chi connectivity index (χ0) is 29.1. The number of urea groups is 1. The minimum Gasteiger partial charge on any atom is -0.453 e. The van der Waals surface area contributed by atoms with E-state index in [4.69, 9.17) is 4.74 Å². The van der Waals surface area contributed by atoms with Crippen molar-refractivity contribution in [3.05, 3.63) is 60.6 Å². The number of carbonyl (C=O) groups excluding carboxylic acids is 3. The lowest BCUT2D eigenvalue weighted by Crippen LogP contribution is -2.51. The number of carbonyl (C=O) groups is 3. The molecule has 0 aliphatic carbocycles. The van der Waals surface area contributed by atoms with Crippen LogP contribution in [-0.4, -0.2) is 69.1 Å². The molecule has 4 heterocycles. The van der Waals surface area contributed by atoms with Gasteiger partial charge in [-0.15, -0.1) is 0 Å². The highest BCUT2D eigenvalue weighted by molar-refractivity contribution is 6.27. The number of ether oxygens (including phenoxy) is 1. The minimum atomic E-state index is -0.579. The maximum atomic E-state index is 13.4. The molecule has 6 rings (SSSR count). The Bertz CT molecular complexity index is 1560. The number of allylic oxidation sites excluding steroid dienone is 1. The van der Waals surface area contributed by atoms with Crippen LogP contribution in [0, 0.1) is 0 Å². The van der Waals surface area contributed by atoms with Crippen molar-refractivity contribution in [2.75, 3.05) is 25.0 Å². The molecule has 3 aliphatic heterocycles. The van der Waals surface area contributed by atoms with Crippen LogP contribution in [0.5, 0.6) is 11.5 Å². The molecule has 2 aromatic carbocycles. The fraction of sp³-hybridized carbons (Fsp3) is 0.419. The Hall–Kier alpha value is -4.34. The van der Waals surface area contributed by atoms with Crippen molar-refractivity contribution in [2.24, 2.45) is 0 Å². The number of rotatable bonds is 4. The van der Waals surface area contributed by atoms with Gasteiger partial charge in [0.05, 0.1) is 24.1 Å². The highest BCUT2D eigenvalue weighted by atomic mass is 16.5. The average molecular weight is 557 g/mol. The summed E-state index contributed by atoms with van der Waals surface area (Å²) in [4.78, 5) is 44.4. The van der Waals surface area contributed by atoms with Crippen LogP contribution in [0.1, 0.15) is 62.9 Å². The number of anilines is 1. The molecule has 41 heavy (non-hydrogen) atoms. The quantitative estimate of drug-likeness (QED) is 0.484. The maximum absolute atomic E-state index is 13.4. The van der Waals surface area contributed by atoms with E-state index in [9.17, 15) is 14.4 Å². The Morgan fingerprint density at radius 3 is 2.59 bits per heavy atom. The van der Waals surface area contributed by atoms with Crippen LogP contribution in [0.3, 0.4) is 0 Å². The topological polar surface area (TPSA) is 100 Å². The molecular formula is C31H36N6O4. The van der Waals surface area contributed by atoms with Gasteiger partial charge in [0.15, 0.2) is 5.75 Å². The number of piperidine rings is 2. The van der Waals surface area contributed by atoms with Crippen molar-refractivity contribution >= 4 is 34.3 Å². The molecule has 1 atom stereocenters. The number of nitrogens with zero attached hydrogens (tertiary/aromatic N) is 5. The molecule has 0 radical (unpaired) electrons. The van der Waals surface area contributed by atoms with Crippen molar-refractivity contribution in [2.45, 2.75) is 64.1 Å². The predicted molar refractivity (Wildman–Crippen MR) is 156 cm³/mol. The Morgan fingerprint density at radius 1 is 1.12 bits per heavy atom. The SMILES string of the molecule is C=C1CCC(N2C(=O)c3cccc4c(Oc5cnn(C6CCN(C(=O)N(C)C(C)(C)C)CC6)c5)ccc2c34)C(=O)N1. The van der Waals surface area contributed by atoms with Gasteiger partial charge in [-0.2, -0.15) is 5.10 Å². The van der Waals surface area contributed by atoms with E-state index in [2.05, 4.69) is 17.0 Å². The summed E-state index contributed by atoms with van der Waals surface area (Å²) in [5.74, 6) is 0.830. The van der Waals surface area contributed by atoms with Crippen molar-refractivity contribution in [1.29, 1.82) is 0 Å². The molecule has 10 heteroatoms. The van der Waals surface area contributed by atoms with Gasteiger partial charge in [-0.05, 0) is 64.7 Å². The molecule has 3 aromatic rings. The van der Waals surface area contributed by atoms with Gasteiger partial charge >= 0.3 is 6.03 Å². The summed E-state index contributed by atoms with van der Waals surface area (Å²) in [5.41, 5.74) is 1.73. The molecule has 0 bridgehead atoms. The van der Waals surface area contributed by atoms with Crippen molar-refractivity contribution in [1.82, 2.24) is 24.9 Å². The van der Waals surface area contributed by atoms with Gasteiger partial charge in [0.1, 0.15) is 11.8 Å². The molecule has 0 spiro atoms. The number of hydrogen-bond acceptors (Lipinski definition) is 5. The first kappa shape index (κ1) is 26.9. The minimum absolute atomic E-state index is 0.0547. The second-order valence-corrected chi connectivity index (χ2v) is 12.1. The standard InChI is InChI=1S/C31H36N6O4/c1-19-9-10-25(28(38)33-19)37-24-11-12-26(22-7-6-8-23(27(22)24)29(37)39)41-21-17-32-36(18-21)20-13-15-35(16-14-20)30(40)34(5)31(2,3)4/h6-8,11-12,17-18,20,25H,1,9-10,13-16H2,2-5H3,(H,33,38). The summed E-state index contributed by atoms with van der Waals surface area (Å²) in [7, 11) is 1.85. The lowest BCUT2D eigenvalue weighted by atomic mass is 10.0. The highest BCUT2D eigenvalue weighted by Gasteiger charge is 2.40. The van der Waals surface area contributed by atoms with Gasteiger partial charge in [0.25, 0.3) is 5.91 Å². The van der Waals surface area contributed by atoms with Gasteiger partial charge in [-0.3, -0.25) is 19.2 Å². The molecule has 3 aliphatic rings. The first-order valence-corrected chi connectivity index (χ1v) is 14.2. The Morgan fingerprint density at radius 2 is 1.88 bits per heavy atom. The zero-order valence-corrected chi connectivity index (χ0v) is 24.0. The third kappa shape index (κ3) is 4.71. The number of amides is 4. The fourth-order valence-corrected chi connectivity index (χ4v) is 5.91. The molecule has 10 nitrogen and oxygen atoms in total. The summed E-state index contributed by atoms with van der Waals surface area (Å²) in [6.45, 7) is 11.3. The number of benzene rings is 2. The van der Waals surface area contributed by atoms with E-state index in [1.165, 1.54) is 0 Å². The van der Waals surface area contributed by atoms with Crippen molar-refractivity contribution in [3.8, 4) is 11.5 Å². The van der Waals surface area contributed by atoms with E-state index in [0.29, 0.717) is 48.7 Å². The number of hydrogen-bond donors (Lipinski definition) is 1. The van der Waals surface area contributed by atoms with Gasteiger partial charge in [-0.1, -0.05) is 18.7 Å². The van der Waals surface area contributed by atoms with Crippen LogP contribution in [0.25, 0.3) is 10.8 Å². The first-order valence-electron chi connectivity index (χ1n) is 14.2. The van der Waals surface area contributed by atoms with E-state index >= 15 is 0 Å². The van der Waals surface area contributed by atoms with Crippen molar-refractivity contribution in [3.63, 3.8) is 0 Å². The number of nitrogens with one attached hydrogen (secondary N) is 1. The van der Waals surface area contributed by atoms with E-state index in [-0.39, 0.29) is 29.4 Å². The summed E-state index contributed by atoms with van der Waals surface area (Å²) in [6.07, 6.45) is 6.38. The summed E-state index contributed by atoms with van der Waals surface area (Å²) < 4.78 is 8.23. The lowest BCUT2D eigenvalue weighted by Gasteiger charge is -2.39. The zero-order valence-electron chi connectivity index (χ0n) is 24.0. The summed E-state index contributed by atoms with van der Waals surface area (Å²) in [5, 5.41) is 8.96. The number of aromatic nitrogens is 2. The van der Waals surface area contributed by atoms with E-state index in [1.54, 1.807) is 22.1 Å². The molecule has 2 saturated heterocycles. The van der Waals surface area contributed by atoms with E-state index in [0.717, 1.165) is 29.3 Å². The second kappa shape index (κ2) is 9.94. The van der Waals surface area contributed by atoms with E-state index < -0.39 is 6.04 Å². The Kier molecular flexibility index (Phi) is 6.51. The molecule has 1 unspecified atom stereocenters. The largest absolute Gasteiger partial charge is 0.453 e. The van der Waals surface area contributed by atoms with Crippen LogP contribution >= 0.6 is 0 Å². The molecule has 1 N–H and O–H groups in total. The van der Waals surface area contributed by atoms with Gasteiger partial charge < -0.3 is 19.9 Å². The Balaban J connectivity index is 1.18. The van der Waals surface area contributed by atoms with Gasteiger partial charge in [0.2, 0.25) is 5.91 Å². The molecule has 2 fully saturated rings. The summed E-state index contributed by atoms with van der Waals surface area (Å²) >= 11 is 0. The normalized spacial score (nSPS) is 19.6. The third-order valence-corrected chi connectivity index (χ3v) is 8.53. The van der Waals surface area contributed by atoms with Crippen LogP contribution < -0.4 is 15.0 Å². The molecule has 1 aromatic heterocycles. The second-order valence-electron chi connectivity index (χ2n) is 12.1. The highest BCUT2D eigenvalue weighted by Crippen LogP contribution is 2.44. The van der Waals surface area contributed by atoms with E-state index in [1.807, 2.05) is 67.9 Å². The van der Waals surface area contributed by atoms with Crippen molar-refractivity contribution < 1.29 is 19.1 Å². The molecule has 0 saturated carbocycles. The van der Waals surface area contributed by atoms with Gasteiger partial charge in [0, 0.05) is 47.7 Å². The smallest absolute Gasteiger partial charge is 0.320 e. The lowest BCUT2D eigenvalue weighted by molar-refractivity contribution is -0.122. The van der Waals surface area contributed by atoms with Gasteiger partial charge in [-0.25, -0.2) is 4.79 Å². The maximum Gasteiger partial charge on any atom is 0.320 e. The molecule has 214 valence electrons. The average Bonchev–Trinajstić information content (AvgIpc) is 3.52. The van der Waals surface area contributed by atoms with Crippen LogP contribution in [0.2, 0.25) is 0 Å². The molecular weight excluding hydrogens is 520 g/mol. The van der Waals surface area contributed by atoms with Crippen LogP contribution in [0.15, 0.2) is 55.0 Å². The van der Waals surface area contributed by atoms with Crippen LogP contribution in [0.4, 0.5) is 10.5 Å². The monoisotopic (exact) mass is 556 g/mol. The van der Waals surface area contributed by atoms with Crippen LogP contribution in [-0.2, 0) is 4.79 Å².